The van der Waals surface area contributed by atoms with E-state index in [9.17, 15) is 18.0 Å². The van der Waals surface area contributed by atoms with Crippen LogP contribution in [0.3, 0.4) is 0 Å². The third kappa shape index (κ3) is 5.14. The van der Waals surface area contributed by atoms with Gasteiger partial charge in [0.2, 0.25) is 10.0 Å². The van der Waals surface area contributed by atoms with Crippen LogP contribution in [0.4, 0.5) is 0 Å². The lowest BCUT2D eigenvalue weighted by atomic mass is 10.1. The first kappa shape index (κ1) is 20.6. The van der Waals surface area contributed by atoms with Crippen LogP contribution in [0.25, 0.3) is 0 Å². The van der Waals surface area contributed by atoms with Gasteiger partial charge in [-0.2, -0.15) is 0 Å². The first-order valence-electron chi connectivity index (χ1n) is 8.17. The average Bonchev–Trinajstić information content (AvgIpc) is 2.99. The minimum Gasteiger partial charge on any atom is -0.452 e. The van der Waals surface area contributed by atoms with Gasteiger partial charge in [0.05, 0.1) is 16.6 Å². The fraction of sp³-hybridized carbons (Fsp3) is 0.353. The second-order valence-corrected chi connectivity index (χ2v) is 7.45. The van der Waals surface area contributed by atoms with E-state index in [0.717, 1.165) is 0 Å². The van der Waals surface area contributed by atoms with Crippen molar-refractivity contribution in [3.8, 4) is 0 Å². The Morgan fingerprint density at radius 3 is 2.48 bits per heavy atom. The lowest BCUT2D eigenvalue weighted by Crippen LogP contribution is -2.31. The summed E-state index contributed by atoms with van der Waals surface area (Å²) in [4.78, 5) is 24.1. The first-order valence-corrected chi connectivity index (χ1v) is 9.72. The minimum absolute atomic E-state index is 0.0190. The molecular formula is C17H21N3O6S. The maximum atomic E-state index is 12.1. The fourth-order valence-corrected chi connectivity index (χ4v) is 2.95. The third-order valence-electron chi connectivity index (χ3n) is 3.89. The normalized spacial score (nSPS) is 12.4. The van der Waals surface area contributed by atoms with Crippen LogP contribution < -0.4 is 10.5 Å². The molecule has 0 bridgehead atoms. The number of sulfonamides is 1. The average molecular weight is 395 g/mol. The number of hydrogen-bond donors (Lipinski definition) is 2. The summed E-state index contributed by atoms with van der Waals surface area (Å²) in [7, 11) is -3.77. The van der Waals surface area contributed by atoms with E-state index in [1.165, 1.54) is 12.1 Å². The van der Waals surface area contributed by atoms with E-state index in [1.807, 2.05) is 6.92 Å². The number of rotatable bonds is 7. The Labute approximate surface area is 156 Å². The molecule has 0 saturated carbocycles. The number of primary sulfonamides is 1. The molecule has 1 amide bonds. The maximum Gasteiger partial charge on any atom is 0.344 e. The number of carbonyl (C=O) groups excluding carboxylic acids is 2. The molecular weight excluding hydrogens is 374 g/mol. The van der Waals surface area contributed by atoms with Gasteiger partial charge in [-0.25, -0.2) is 18.4 Å². The Morgan fingerprint density at radius 2 is 1.93 bits per heavy atom. The molecule has 0 saturated heterocycles. The summed E-state index contributed by atoms with van der Waals surface area (Å²) in [6.07, 6.45) is 0.500. The zero-order valence-corrected chi connectivity index (χ0v) is 16.0. The number of nitrogens with zero attached hydrogens (tertiary/aromatic N) is 1. The molecule has 1 aromatic carbocycles. The Morgan fingerprint density at radius 1 is 1.30 bits per heavy atom. The highest BCUT2D eigenvalue weighted by atomic mass is 32.2. The molecule has 2 aromatic rings. The van der Waals surface area contributed by atoms with Crippen LogP contribution in [0.2, 0.25) is 0 Å². The van der Waals surface area contributed by atoms with Crippen LogP contribution in [0.15, 0.2) is 33.7 Å². The van der Waals surface area contributed by atoms with Crippen molar-refractivity contribution in [3.05, 3.63) is 46.8 Å². The predicted octanol–water partition coefficient (Wildman–Crippen LogP) is 1.23. The van der Waals surface area contributed by atoms with Crippen LogP contribution in [0, 0.1) is 6.92 Å². The van der Waals surface area contributed by atoms with Crippen molar-refractivity contribution in [2.45, 2.75) is 38.1 Å². The largest absolute Gasteiger partial charge is 0.452 e. The van der Waals surface area contributed by atoms with Gasteiger partial charge in [-0.05, 0) is 38.0 Å². The monoisotopic (exact) mass is 395 g/mol. The second kappa shape index (κ2) is 8.31. The minimum atomic E-state index is -3.77. The SMILES string of the molecule is CCc1noc(C)c1C(=O)OCC(=O)N[C@@H](C)c1ccc(S(N)(=O)=O)cc1. The number of aromatic nitrogens is 1. The van der Waals surface area contributed by atoms with Gasteiger partial charge in [-0.15, -0.1) is 0 Å². The molecule has 0 unspecified atom stereocenters. The van der Waals surface area contributed by atoms with E-state index in [4.69, 9.17) is 14.4 Å². The summed E-state index contributed by atoms with van der Waals surface area (Å²) in [5.41, 5.74) is 1.38. The molecule has 2 rings (SSSR count). The highest BCUT2D eigenvalue weighted by Crippen LogP contribution is 2.16. The molecule has 0 aliphatic heterocycles. The molecule has 0 spiro atoms. The zero-order valence-electron chi connectivity index (χ0n) is 15.2. The molecule has 1 aromatic heterocycles. The number of esters is 1. The van der Waals surface area contributed by atoms with E-state index in [1.54, 1.807) is 26.0 Å². The Hall–Kier alpha value is -2.72. The molecule has 27 heavy (non-hydrogen) atoms. The highest BCUT2D eigenvalue weighted by molar-refractivity contribution is 7.89. The van der Waals surface area contributed by atoms with Crippen LogP contribution in [0.5, 0.6) is 0 Å². The summed E-state index contributed by atoms with van der Waals surface area (Å²) in [6, 6.07) is 5.38. The molecule has 10 heteroatoms. The molecule has 0 fully saturated rings. The van der Waals surface area contributed by atoms with Gasteiger partial charge in [-0.3, -0.25) is 4.79 Å². The van der Waals surface area contributed by atoms with Crippen LogP contribution in [-0.2, 0) is 26.0 Å². The van der Waals surface area contributed by atoms with Gasteiger partial charge in [0, 0.05) is 0 Å². The van der Waals surface area contributed by atoms with Crippen molar-refractivity contribution in [1.29, 1.82) is 0 Å². The Kier molecular flexibility index (Phi) is 6.34. The number of nitrogens with two attached hydrogens (primary N) is 1. The van der Waals surface area contributed by atoms with Gasteiger partial charge in [0.1, 0.15) is 11.3 Å². The molecule has 0 aliphatic carbocycles. The smallest absolute Gasteiger partial charge is 0.344 e. The van der Waals surface area contributed by atoms with Gasteiger partial charge >= 0.3 is 5.97 Å². The molecule has 1 heterocycles. The summed E-state index contributed by atoms with van der Waals surface area (Å²) >= 11 is 0. The van der Waals surface area contributed by atoms with Gasteiger partial charge < -0.3 is 14.6 Å². The summed E-state index contributed by atoms with van der Waals surface area (Å²) in [5, 5.41) is 11.5. The third-order valence-corrected chi connectivity index (χ3v) is 4.82. The standard InChI is InChI=1S/C17H21N3O6S/c1-4-14-16(11(3)26-20-14)17(22)25-9-15(21)19-10(2)12-5-7-13(8-6-12)27(18,23)24/h5-8,10H,4,9H2,1-3H3,(H,19,21)(H2,18,23,24)/t10-/m0/s1. The van der Waals surface area contributed by atoms with Crippen LogP contribution in [-0.4, -0.2) is 32.1 Å². The van der Waals surface area contributed by atoms with E-state index < -0.39 is 34.5 Å². The number of aryl methyl sites for hydroxylation is 2. The Balaban J connectivity index is 1.93. The van der Waals surface area contributed by atoms with Crippen LogP contribution >= 0.6 is 0 Å². The van der Waals surface area contributed by atoms with Crippen molar-refractivity contribution >= 4 is 21.9 Å². The number of ether oxygens (including phenoxy) is 1. The maximum absolute atomic E-state index is 12.1. The van der Waals surface area contributed by atoms with E-state index in [0.29, 0.717) is 23.4 Å². The first-order chi connectivity index (χ1) is 12.6. The van der Waals surface area contributed by atoms with Crippen molar-refractivity contribution in [2.75, 3.05) is 6.61 Å². The molecule has 146 valence electrons. The second-order valence-electron chi connectivity index (χ2n) is 5.89. The van der Waals surface area contributed by atoms with Gasteiger partial charge in [0.25, 0.3) is 5.91 Å². The summed E-state index contributed by atoms with van der Waals surface area (Å²) in [6.45, 7) is 4.66. The number of hydrogen-bond acceptors (Lipinski definition) is 7. The number of benzene rings is 1. The quantitative estimate of drug-likeness (QED) is 0.671. The van der Waals surface area contributed by atoms with Crippen molar-refractivity contribution in [2.24, 2.45) is 5.14 Å². The summed E-state index contributed by atoms with van der Waals surface area (Å²) < 4.78 is 32.5. The van der Waals surface area contributed by atoms with E-state index in [-0.39, 0.29) is 10.5 Å². The van der Waals surface area contributed by atoms with E-state index >= 15 is 0 Å². The predicted molar refractivity (Wildman–Crippen MR) is 95.3 cm³/mol. The molecule has 9 nitrogen and oxygen atoms in total. The van der Waals surface area contributed by atoms with Gasteiger partial charge in [-0.1, -0.05) is 24.2 Å². The molecule has 1 atom stereocenters. The highest BCUT2D eigenvalue weighted by Gasteiger charge is 2.21. The van der Waals surface area contributed by atoms with Crippen molar-refractivity contribution in [1.82, 2.24) is 10.5 Å². The molecule has 3 N–H and O–H groups in total. The lowest BCUT2D eigenvalue weighted by molar-refractivity contribution is -0.124. The number of nitrogens with one attached hydrogen (secondary N) is 1. The van der Waals surface area contributed by atoms with Crippen LogP contribution in [0.1, 0.15) is 47.3 Å². The lowest BCUT2D eigenvalue weighted by Gasteiger charge is -2.14. The molecule has 0 radical (unpaired) electrons. The number of amides is 1. The van der Waals surface area contributed by atoms with Crippen molar-refractivity contribution in [3.63, 3.8) is 0 Å². The fourth-order valence-electron chi connectivity index (χ4n) is 2.44. The van der Waals surface area contributed by atoms with Gasteiger partial charge in [0.15, 0.2) is 6.61 Å². The molecule has 0 aliphatic rings. The van der Waals surface area contributed by atoms with E-state index in [2.05, 4.69) is 10.5 Å². The Bertz CT molecular complexity index is 934. The number of carbonyl (C=O) groups is 2. The zero-order chi connectivity index (χ0) is 20.2. The summed E-state index contributed by atoms with van der Waals surface area (Å²) in [5.74, 6) is -0.843. The topological polar surface area (TPSA) is 142 Å². The van der Waals surface area contributed by atoms with Crippen molar-refractivity contribution < 1.29 is 27.3 Å².